The van der Waals surface area contributed by atoms with Gasteiger partial charge in [0.25, 0.3) is 6.17 Å². The van der Waals surface area contributed by atoms with Crippen LogP contribution in [0.2, 0.25) is 0 Å². The third-order valence-electron chi connectivity index (χ3n) is 2.78. The molecule has 4 heteroatoms. The van der Waals surface area contributed by atoms with Gasteiger partial charge in [0.1, 0.15) is 0 Å². The molecule has 1 heterocycles. The molecule has 0 spiro atoms. The Labute approximate surface area is 88.7 Å². The van der Waals surface area contributed by atoms with E-state index in [1.54, 1.807) is 0 Å². The van der Waals surface area contributed by atoms with Crippen molar-refractivity contribution in [1.82, 2.24) is 4.90 Å². The van der Waals surface area contributed by atoms with Crippen LogP contribution in [0.25, 0.3) is 0 Å². The van der Waals surface area contributed by atoms with Gasteiger partial charge in [0.2, 0.25) is 0 Å². The predicted molar refractivity (Wildman–Crippen MR) is 57.0 cm³/mol. The Morgan fingerprint density at radius 1 is 1.20 bits per heavy atom. The maximum absolute atomic E-state index is 11.1. The zero-order valence-electron chi connectivity index (χ0n) is 8.50. The molecule has 1 aromatic carbocycles. The maximum Gasteiger partial charge on any atom is 0.294 e. The van der Waals surface area contributed by atoms with Crippen LogP contribution in [0.5, 0.6) is 0 Å². The highest BCUT2D eigenvalue weighted by atomic mass is 16.6. The molecular formula is C11H14N2O2. The molecule has 0 amide bonds. The molecule has 80 valence electrons. The van der Waals surface area contributed by atoms with Gasteiger partial charge < -0.3 is 0 Å². The van der Waals surface area contributed by atoms with Gasteiger partial charge in [0, 0.05) is 23.6 Å². The Hall–Kier alpha value is -1.42. The molecule has 15 heavy (non-hydrogen) atoms. The van der Waals surface area contributed by atoms with Crippen LogP contribution >= 0.6 is 0 Å². The number of likely N-dealkylation sites (tertiary alicyclic amines) is 1. The average molecular weight is 206 g/mol. The molecule has 2 rings (SSSR count). The summed E-state index contributed by atoms with van der Waals surface area (Å²) in [5.41, 5.74) is 0.782. The molecule has 0 saturated carbocycles. The Kier molecular flexibility index (Phi) is 2.97. The SMILES string of the molecule is O=[N+]([O-])C(c1ccccc1)N1CCCC1. The van der Waals surface area contributed by atoms with Crippen LogP contribution in [0.3, 0.4) is 0 Å². The van der Waals surface area contributed by atoms with Crippen molar-refractivity contribution >= 4 is 0 Å². The molecule has 0 aromatic heterocycles. The van der Waals surface area contributed by atoms with Crippen molar-refractivity contribution in [2.75, 3.05) is 13.1 Å². The van der Waals surface area contributed by atoms with Crippen molar-refractivity contribution in [3.05, 3.63) is 46.0 Å². The zero-order chi connectivity index (χ0) is 10.7. The molecular weight excluding hydrogens is 192 g/mol. The lowest BCUT2D eigenvalue weighted by Crippen LogP contribution is -2.31. The van der Waals surface area contributed by atoms with Crippen LogP contribution in [0, 0.1) is 10.1 Å². The van der Waals surface area contributed by atoms with Crippen LogP contribution in [-0.4, -0.2) is 22.9 Å². The molecule has 0 radical (unpaired) electrons. The number of nitrogens with zero attached hydrogens (tertiary/aromatic N) is 2. The minimum absolute atomic E-state index is 0.194. The van der Waals surface area contributed by atoms with E-state index in [-0.39, 0.29) is 4.92 Å². The van der Waals surface area contributed by atoms with Crippen LogP contribution in [0.15, 0.2) is 30.3 Å². The lowest BCUT2D eigenvalue weighted by Gasteiger charge is -2.19. The van der Waals surface area contributed by atoms with E-state index in [0.717, 1.165) is 31.5 Å². The molecule has 1 fully saturated rings. The molecule has 1 aliphatic heterocycles. The highest BCUT2D eigenvalue weighted by Crippen LogP contribution is 2.24. The van der Waals surface area contributed by atoms with Gasteiger partial charge in [-0.2, -0.15) is 0 Å². The summed E-state index contributed by atoms with van der Waals surface area (Å²) in [6, 6.07) is 9.23. The van der Waals surface area contributed by atoms with E-state index in [1.807, 2.05) is 35.2 Å². The van der Waals surface area contributed by atoms with Gasteiger partial charge in [-0.15, -0.1) is 0 Å². The van der Waals surface area contributed by atoms with Gasteiger partial charge >= 0.3 is 0 Å². The van der Waals surface area contributed by atoms with Crippen LogP contribution in [0.4, 0.5) is 0 Å². The quantitative estimate of drug-likeness (QED) is 0.561. The first-order valence-electron chi connectivity index (χ1n) is 5.21. The van der Waals surface area contributed by atoms with Crippen molar-refractivity contribution in [3.8, 4) is 0 Å². The molecule has 0 N–H and O–H groups in total. The highest BCUT2D eigenvalue weighted by Gasteiger charge is 2.31. The van der Waals surface area contributed by atoms with Gasteiger partial charge in [-0.05, 0) is 12.8 Å². The Bertz CT molecular complexity index is 334. The van der Waals surface area contributed by atoms with Crippen LogP contribution < -0.4 is 0 Å². The fourth-order valence-electron chi connectivity index (χ4n) is 2.08. The predicted octanol–water partition coefficient (Wildman–Crippen LogP) is 2.06. The van der Waals surface area contributed by atoms with E-state index >= 15 is 0 Å². The second-order valence-electron chi connectivity index (χ2n) is 3.81. The summed E-state index contributed by atoms with van der Waals surface area (Å²) in [4.78, 5) is 12.8. The normalized spacial score (nSPS) is 18.9. The molecule has 1 saturated heterocycles. The van der Waals surface area contributed by atoms with Crippen molar-refractivity contribution in [2.45, 2.75) is 19.0 Å². The van der Waals surface area contributed by atoms with E-state index in [4.69, 9.17) is 0 Å². The Morgan fingerprint density at radius 3 is 2.33 bits per heavy atom. The van der Waals surface area contributed by atoms with Gasteiger partial charge in [-0.25, -0.2) is 4.90 Å². The Morgan fingerprint density at radius 2 is 1.80 bits per heavy atom. The fraction of sp³-hybridized carbons (Fsp3) is 0.455. The number of hydrogen-bond acceptors (Lipinski definition) is 3. The smallest absolute Gasteiger partial charge is 0.262 e. The molecule has 1 aliphatic rings. The monoisotopic (exact) mass is 206 g/mol. The number of benzene rings is 1. The molecule has 1 aromatic rings. The van der Waals surface area contributed by atoms with Crippen LogP contribution in [0.1, 0.15) is 24.6 Å². The van der Waals surface area contributed by atoms with Gasteiger partial charge in [0.15, 0.2) is 0 Å². The second kappa shape index (κ2) is 4.40. The third-order valence-corrected chi connectivity index (χ3v) is 2.78. The van der Waals surface area contributed by atoms with Crippen molar-refractivity contribution < 1.29 is 4.92 Å². The lowest BCUT2D eigenvalue weighted by molar-refractivity contribution is -0.557. The summed E-state index contributed by atoms with van der Waals surface area (Å²) in [7, 11) is 0. The summed E-state index contributed by atoms with van der Waals surface area (Å²) in [5, 5.41) is 11.1. The number of nitro groups is 1. The summed E-state index contributed by atoms with van der Waals surface area (Å²) in [6.45, 7) is 1.67. The molecule has 1 unspecified atom stereocenters. The first-order valence-corrected chi connectivity index (χ1v) is 5.21. The minimum Gasteiger partial charge on any atom is -0.262 e. The minimum atomic E-state index is -0.659. The highest BCUT2D eigenvalue weighted by molar-refractivity contribution is 5.17. The van der Waals surface area contributed by atoms with E-state index in [1.165, 1.54) is 0 Å². The summed E-state index contributed by atoms with van der Waals surface area (Å²) < 4.78 is 0. The first kappa shape index (κ1) is 10.1. The van der Waals surface area contributed by atoms with Gasteiger partial charge in [0.05, 0.1) is 0 Å². The fourth-order valence-corrected chi connectivity index (χ4v) is 2.08. The van der Waals surface area contributed by atoms with Crippen LogP contribution in [-0.2, 0) is 0 Å². The Balaban J connectivity index is 2.23. The summed E-state index contributed by atoms with van der Waals surface area (Å²) >= 11 is 0. The molecule has 0 bridgehead atoms. The van der Waals surface area contributed by atoms with Crippen molar-refractivity contribution in [1.29, 1.82) is 0 Å². The third kappa shape index (κ3) is 2.15. The summed E-state index contributed by atoms with van der Waals surface area (Å²) in [6.07, 6.45) is 1.47. The van der Waals surface area contributed by atoms with Gasteiger partial charge in [-0.1, -0.05) is 30.3 Å². The molecule has 4 nitrogen and oxygen atoms in total. The standard InChI is InChI=1S/C11H14N2O2/c14-13(15)11(12-8-4-5-9-12)10-6-2-1-3-7-10/h1-3,6-7,11H,4-5,8-9H2. The largest absolute Gasteiger partial charge is 0.294 e. The van der Waals surface area contributed by atoms with Gasteiger partial charge in [-0.3, -0.25) is 10.1 Å². The zero-order valence-corrected chi connectivity index (χ0v) is 8.50. The van der Waals surface area contributed by atoms with E-state index in [2.05, 4.69) is 0 Å². The van der Waals surface area contributed by atoms with E-state index < -0.39 is 6.17 Å². The number of rotatable bonds is 3. The molecule has 1 atom stereocenters. The lowest BCUT2D eigenvalue weighted by atomic mass is 10.1. The molecule has 0 aliphatic carbocycles. The van der Waals surface area contributed by atoms with E-state index in [9.17, 15) is 10.1 Å². The maximum atomic E-state index is 11.1. The first-order chi connectivity index (χ1) is 7.29. The van der Waals surface area contributed by atoms with Crippen molar-refractivity contribution in [2.24, 2.45) is 0 Å². The summed E-state index contributed by atoms with van der Waals surface area (Å²) in [5.74, 6) is 0. The number of hydrogen-bond donors (Lipinski definition) is 0. The topological polar surface area (TPSA) is 46.4 Å². The van der Waals surface area contributed by atoms with E-state index in [0.29, 0.717) is 0 Å². The van der Waals surface area contributed by atoms with Crippen molar-refractivity contribution in [3.63, 3.8) is 0 Å². The average Bonchev–Trinajstić information content (AvgIpc) is 2.72. The second-order valence-corrected chi connectivity index (χ2v) is 3.81.